The lowest BCUT2D eigenvalue weighted by molar-refractivity contribution is 0.127. The molecule has 0 radical (unpaired) electrons. The highest BCUT2D eigenvalue weighted by molar-refractivity contribution is 5.78. The van der Waals surface area contributed by atoms with E-state index in [0.29, 0.717) is 31.2 Å². The van der Waals surface area contributed by atoms with Gasteiger partial charge in [-0.15, -0.1) is 0 Å². The Labute approximate surface area is 145 Å². The van der Waals surface area contributed by atoms with Gasteiger partial charge in [0.1, 0.15) is 5.52 Å². The van der Waals surface area contributed by atoms with Gasteiger partial charge in [-0.25, -0.2) is 9.97 Å². The fraction of sp³-hybridized carbons (Fsp3) is 0.333. The molecule has 0 aromatic carbocycles. The minimum atomic E-state index is -0.155. The van der Waals surface area contributed by atoms with Crippen molar-refractivity contribution in [2.45, 2.75) is 19.9 Å². The van der Waals surface area contributed by atoms with Crippen LogP contribution in [-0.4, -0.2) is 39.8 Å². The zero-order valence-corrected chi connectivity index (χ0v) is 14.3. The molecule has 3 rings (SSSR count). The van der Waals surface area contributed by atoms with Crippen molar-refractivity contribution in [2.24, 2.45) is 0 Å². The summed E-state index contributed by atoms with van der Waals surface area (Å²) in [4.78, 5) is 25.0. The molecular formula is C18H20N4O3. The van der Waals surface area contributed by atoms with Crippen LogP contribution in [0, 0.1) is 0 Å². The first-order chi connectivity index (χ1) is 12.2. The number of hydrogen-bond acceptors (Lipinski definition) is 6. The lowest BCUT2D eigenvalue weighted by atomic mass is 10.2. The molecule has 0 aliphatic carbocycles. The molecule has 0 amide bonds. The topological polar surface area (TPSA) is 79.1 Å². The number of pyridine rings is 2. The largest absolute Gasteiger partial charge is 0.481 e. The number of methoxy groups -OCH3 is 1. The molecule has 0 atom stereocenters. The van der Waals surface area contributed by atoms with Crippen molar-refractivity contribution >= 4 is 11.0 Å². The summed E-state index contributed by atoms with van der Waals surface area (Å²) in [6, 6.07) is 5.51. The lowest BCUT2D eigenvalue weighted by Crippen LogP contribution is -2.23. The van der Waals surface area contributed by atoms with Crippen molar-refractivity contribution in [1.82, 2.24) is 19.5 Å². The molecule has 0 bridgehead atoms. The van der Waals surface area contributed by atoms with E-state index in [1.165, 1.54) is 6.20 Å². The second-order valence-electron chi connectivity index (χ2n) is 5.51. The van der Waals surface area contributed by atoms with E-state index in [4.69, 9.17) is 9.47 Å². The molecule has 3 heterocycles. The lowest BCUT2D eigenvalue weighted by Gasteiger charge is -2.11. The van der Waals surface area contributed by atoms with Gasteiger partial charge in [-0.05, 0) is 18.6 Å². The molecule has 0 fully saturated rings. The summed E-state index contributed by atoms with van der Waals surface area (Å²) in [6.07, 6.45) is 5.62. The Morgan fingerprint density at radius 2 is 1.96 bits per heavy atom. The van der Waals surface area contributed by atoms with E-state index < -0.39 is 0 Å². The van der Waals surface area contributed by atoms with Crippen LogP contribution in [0.4, 0.5) is 0 Å². The van der Waals surface area contributed by atoms with Gasteiger partial charge in [0.15, 0.2) is 0 Å². The molecule has 3 aromatic heterocycles. The third kappa shape index (κ3) is 3.83. The summed E-state index contributed by atoms with van der Waals surface area (Å²) in [5.74, 6) is 0.538. The van der Waals surface area contributed by atoms with Crippen LogP contribution in [0.1, 0.15) is 13.3 Å². The minimum absolute atomic E-state index is 0.155. The first kappa shape index (κ1) is 17.0. The molecule has 3 aromatic rings. The van der Waals surface area contributed by atoms with Gasteiger partial charge in [0.05, 0.1) is 37.3 Å². The molecule has 0 aliphatic rings. The van der Waals surface area contributed by atoms with E-state index in [1.807, 2.05) is 12.1 Å². The molecule has 0 unspecified atom stereocenters. The second kappa shape index (κ2) is 7.85. The first-order valence-electron chi connectivity index (χ1n) is 8.16. The highest BCUT2D eigenvalue weighted by Crippen LogP contribution is 2.21. The molecule has 0 spiro atoms. The van der Waals surface area contributed by atoms with E-state index in [-0.39, 0.29) is 5.56 Å². The molecule has 130 valence electrons. The maximum absolute atomic E-state index is 12.2. The average Bonchev–Trinajstić information content (AvgIpc) is 2.66. The van der Waals surface area contributed by atoms with E-state index in [9.17, 15) is 4.79 Å². The molecule has 0 N–H and O–H groups in total. The van der Waals surface area contributed by atoms with Crippen molar-refractivity contribution in [3.8, 4) is 17.1 Å². The third-order valence-corrected chi connectivity index (χ3v) is 3.78. The fourth-order valence-electron chi connectivity index (χ4n) is 2.51. The summed E-state index contributed by atoms with van der Waals surface area (Å²) >= 11 is 0. The second-order valence-corrected chi connectivity index (χ2v) is 5.51. The highest BCUT2D eigenvalue weighted by Gasteiger charge is 2.08. The maximum Gasteiger partial charge on any atom is 0.269 e. The molecule has 7 nitrogen and oxygen atoms in total. The third-order valence-electron chi connectivity index (χ3n) is 3.78. The number of fused-ring (bicyclic) bond motifs is 1. The van der Waals surface area contributed by atoms with Crippen LogP contribution in [0.25, 0.3) is 22.3 Å². The standard InChI is InChI=1S/C18H20N4O3/c1-3-7-25-8-6-22-16-9-14(13-4-5-17(24-2)21-10-13)19-11-15(16)20-12-18(22)23/h4-5,9-12H,3,6-8H2,1-2H3. The molecular weight excluding hydrogens is 320 g/mol. The number of hydrogen-bond donors (Lipinski definition) is 0. The Balaban J connectivity index is 1.97. The Bertz CT molecular complexity index is 906. The van der Waals surface area contributed by atoms with Gasteiger partial charge in [0.2, 0.25) is 5.88 Å². The van der Waals surface area contributed by atoms with Gasteiger partial charge in [0.25, 0.3) is 5.56 Å². The summed E-state index contributed by atoms with van der Waals surface area (Å²) in [5.41, 5.74) is 2.80. The van der Waals surface area contributed by atoms with E-state index >= 15 is 0 Å². The summed E-state index contributed by atoms with van der Waals surface area (Å²) in [7, 11) is 1.57. The molecule has 0 saturated heterocycles. The van der Waals surface area contributed by atoms with Gasteiger partial charge in [-0.2, -0.15) is 0 Å². The number of aromatic nitrogens is 4. The zero-order chi connectivity index (χ0) is 17.6. The normalized spacial score (nSPS) is 11.0. The Morgan fingerprint density at radius 3 is 2.68 bits per heavy atom. The van der Waals surface area contributed by atoms with Crippen LogP contribution < -0.4 is 10.3 Å². The Hall–Kier alpha value is -2.80. The molecule has 7 heteroatoms. The Morgan fingerprint density at radius 1 is 1.08 bits per heavy atom. The van der Waals surface area contributed by atoms with Crippen molar-refractivity contribution < 1.29 is 9.47 Å². The van der Waals surface area contributed by atoms with E-state index in [2.05, 4.69) is 21.9 Å². The summed E-state index contributed by atoms with van der Waals surface area (Å²) < 4.78 is 12.3. The van der Waals surface area contributed by atoms with Crippen LogP contribution in [-0.2, 0) is 11.3 Å². The van der Waals surface area contributed by atoms with E-state index in [1.54, 1.807) is 30.1 Å². The summed E-state index contributed by atoms with van der Waals surface area (Å²) in [5, 5.41) is 0. The number of nitrogens with zero attached hydrogens (tertiary/aromatic N) is 4. The summed E-state index contributed by atoms with van der Waals surface area (Å²) in [6.45, 7) is 3.69. The van der Waals surface area contributed by atoms with Crippen LogP contribution in [0.5, 0.6) is 5.88 Å². The van der Waals surface area contributed by atoms with Crippen LogP contribution in [0.15, 0.2) is 41.6 Å². The van der Waals surface area contributed by atoms with Crippen LogP contribution in [0.3, 0.4) is 0 Å². The van der Waals surface area contributed by atoms with Crippen molar-refractivity contribution in [3.05, 3.63) is 47.1 Å². The van der Waals surface area contributed by atoms with Crippen molar-refractivity contribution in [2.75, 3.05) is 20.3 Å². The smallest absolute Gasteiger partial charge is 0.269 e. The van der Waals surface area contributed by atoms with Gasteiger partial charge in [0, 0.05) is 31.0 Å². The minimum Gasteiger partial charge on any atom is -0.481 e. The van der Waals surface area contributed by atoms with Crippen LogP contribution in [0.2, 0.25) is 0 Å². The van der Waals surface area contributed by atoms with Crippen molar-refractivity contribution in [1.29, 1.82) is 0 Å². The number of ether oxygens (including phenoxy) is 2. The molecule has 25 heavy (non-hydrogen) atoms. The Kier molecular flexibility index (Phi) is 5.35. The molecule has 0 aliphatic heterocycles. The van der Waals surface area contributed by atoms with Crippen LogP contribution >= 0.6 is 0 Å². The average molecular weight is 340 g/mol. The van der Waals surface area contributed by atoms with E-state index in [0.717, 1.165) is 23.2 Å². The zero-order valence-electron chi connectivity index (χ0n) is 14.3. The quantitative estimate of drug-likeness (QED) is 0.614. The van der Waals surface area contributed by atoms with Gasteiger partial charge in [-0.3, -0.25) is 9.78 Å². The maximum atomic E-state index is 12.2. The fourth-order valence-corrected chi connectivity index (χ4v) is 2.51. The molecule has 0 saturated carbocycles. The predicted molar refractivity (Wildman–Crippen MR) is 94.7 cm³/mol. The highest BCUT2D eigenvalue weighted by atomic mass is 16.5. The first-order valence-corrected chi connectivity index (χ1v) is 8.16. The monoisotopic (exact) mass is 340 g/mol. The van der Waals surface area contributed by atoms with Crippen molar-refractivity contribution in [3.63, 3.8) is 0 Å². The predicted octanol–water partition coefficient (Wildman–Crippen LogP) is 2.29. The van der Waals surface area contributed by atoms with Gasteiger partial charge >= 0.3 is 0 Å². The van der Waals surface area contributed by atoms with Gasteiger partial charge < -0.3 is 14.0 Å². The SMILES string of the molecule is CCCOCCn1c(=O)cnc2cnc(-c3ccc(OC)nc3)cc21. The number of rotatable bonds is 7. The van der Waals surface area contributed by atoms with Gasteiger partial charge in [-0.1, -0.05) is 6.92 Å².